The van der Waals surface area contributed by atoms with Crippen LogP contribution in [0.4, 0.5) is 0 Å². The average molecular weight is 387 g/mol. The highest BCUT2D eigenvalue weighted by molar-refractivity contribution is 5.66. The summed E-state index contributed by atoms with van der Waals surface area (Å²) in [6.45, 7) is 7.79. The van der Waals surface area contributed by atoms with Gasteiger partial charge in [-0.3, -0.25) is 9.69 Å². The van der Waals surface area contributed by atoms with Crippen molar-refractivity contribution in [3.05, 3.63) is 12.2 Å². The topological polar surface area (TPSA) is 90.2 Å². The molecule has 152 valence electrons. The van der Waals surface area contributed by atoms with Gasteiger partial charge < -0.3 is 20.1 Å². The highest BCUT2D eigenvalue weighted by Crippen LogP contribution is 2.89. The number of carbonyl (C=O) groups is 1. The van der Waals surface area contributed by atoms with Crippen molar-refractivity contribution < 1.29 is 24.9 Å². The molecule has 9 fully saturated rings. The standard InChI is InChI=1S/C22H29NO5/c1-9-5-20-7-13-15-19(3)8-14(28-10(2)24)17(25)22(15)16(23(13)18(19)26)12(20)4-11(9)6-21(20,22)27/h11-18,25-27H,1,4-8H2,2-3H3/t11-,12+,13-,14-,15+,16+,17+,18-,19-,20-,21-,22+/m0/s1. The van der Waals surface area contributed by atoms with E-state index in [4.69, 9.17) is 4.74 Å². The largest absolute Gasteiger partial charge is 0.460 e. The fourth-order valence-corrected chi connectivity index (χ4v) is 10.6. The second-order valence-corrected chi connectivity index (χ2v) is 11.3. The molecule has 6 heteroatoms. The molecule has 3 N–H and O–H groups in total. The average Bonchev–Trinajstić information content (AvgIpc) is 2.97. The van der Waals surface area contributed by atoms with Crippen LogP contribution in [0.3, 0.4) is 0 Å². The molecular formula is C22H29NO5. The Morgan fingerprint density at radius 1 is 1.29 bits per heavy atom. The lowest BCUT2D eigenvalue weighted by Crippen LogP contribution is -2.76. The van der Waals surface area contributed by atoms with Gasteiger partial charge in [-0.25, -0.2) is 0 Å². The summed E-state index contributed by atoms with van der Waals surface area (Å²) < 4.78 is 5.62. The van der Waals surface area contributed by atoms with Crippen LogP contribution in [0, 0.1) is 34.0 Å². The van der Waals surface area contributed by atoms with Crippen LogP contribution in [0.5, 0.6) is 0 Å². The Morgan fingerprint density at radius 3 is 2.75 bits per heavy atom. The highest BCUT2D eigenvalue weighted by Gasteiger charge is 2.95. The lowest BCUT2D eigenvalue weighted by atomic mass is 9.38. The number of carbonyl (C=O) groups excluding carboxylic acids is 1. The highest BCUT2D eigenvalue weighted by atomic mass is 16.6. The molecule has 6 aliphatic carbocycles. The van der Waals surface area contributed by atoms with Crippen molar-refractivity contribution in [1.82, 2.24) is 4.90 Å². The maximum atomic E-state index is 12.5. The monoisotopic (exact) mass is 387 g/mol. The SMILES string of the molecule is C=C1C[C@]23C[C@H]4[C@@H]5[C@]6(C)C[C@H](OC(C)=O)[C@@H](O)[C@]57[C@@H]([C@H]2C[C@H]1C[C@]37O)N4[C@H]6O. The quantitative estimate of drug-likeness (QED) is 0.455. The van der Waals surface area contributed by atoms with E-state index in [-0.39, 0.29) is 29.3 Å². The van der Waals surface area contributed by atoms with Crippen molar-refractivity contribution >= 4 is 5.97 Å². The van der Waals surface area contributed by atoms with Gasteiger partial charge in [0.15, 0.2) is 0 Å². The summed E-state index contributed by atoms with van der Waals surface area (Å²) in [5.74, 6) is 0.190. The predicted octanol–water partition coefficient (Wildman–Crippen LogP) is 0.797. The minimum atomic E-state index is -0.977. The molecule has 0 aromatic rings. The van der Waals surface area contributed by atoms with E-state index in [1.807, 2.05) is 0 Å². The van der Waals surface area contributed by atoms with Crippen LogP contribution in [0.2, 0.25) is 0 Å². The Bertz CT molecular complexity index is 860. The Labute approximate surface area is 164 Å². The number of rotatable bonds is 1. The van der Waals surface area contributed by atoms with Gasteiger partial charge in [-0.1, -0.05) is 19.1 Å². The Kier molecular flexibility index (Phi) is 2.55. The van der Waals surface area contributed by atoms with Crippen LogP contribution in [-0.2, 0) is 9.53 Å². The maximum Gasteiger partial charge on any atom is 0.302 e. The lowest BCUT2D eigenvalue weighted by molar-refractivity contribution is -0.299. The molecule has 9 bridgehead atoms. The Hall–Kier alpha value is -0.950. The van der Waals surface area contributed by atoms with E-state index in [1.54, 1.807) is 0 Å². The summed E-state index contributed by atoms with van der Waals surface area (Å²) >= 11 is 0. The fraction of sp³-hybridized carbons (Fsp3) is 0.864. The van der Waals surface area contributed by atoms with Crippen molar-refractivity contribution in [3.8, 4) is 0 Å². The molecule has 6 saturated carbocycles. The summed E-state index contributed by atoms with van der Waals surface area (Å²) in [6.07, 6.45) is 1.67. The van der Waals surface area contributed by atoms with Gasteiger partial charge in [0, 0.05) is 29.8 Å². The molecule has 0 aromatic heterocycles. The molecule has 2 spiro atoms. The molecule has 13 atom stereocenters. The van der Waals surface area contributed by atoms with Crippen molar-refractivity contribution in [1.29, 1.82) is 0 Å². The molecule has 3 heterocycles. The number of hydrogen-bond acceptors (Lipinski definition) is 6. The van der Waals surface area contributed by atoms with Gasteiger partial charge >= 0.3 is 5.97 Å². The van der Waals surface area contributed by atoms with E-state index < -0.39 is 40.8 Å². The third kappa shape index (κ3) is 1.22. The number of esters is 1. The summed E-state index contributed by atoms with van der Waals surface area (Å²) in [5, 5.41) is 35.7. The first kappa shape index (κ1) is 16.8. The summed E-state index contributed by atoms with van der Waals surface area (Å²) in [5.41, 5.74) is -1.17. The van der Waals surface area contributed by atoms with Gasteiger partial charge in [-0.15, -0.1) is 0 Å². The van der Waals surface area contributed by atoms with Crippen molar-refractivity contribution in [2.45, 2.75) is 82.1 Å². The number of ether oxygens (including phenoxy) is 1. The molecule has 3 aliphatic heterocycles. The maximum absolute atomic E-state index is 12.5. The second kappa shape index (κ2) is 4.25. The number of aliphatic hydroxyl groups is 3. The summed E-state index contributed by atoms with van der Waals surface area (Å²) in [6, 6.07) is 0.160. The molecule has 1 unspecified atom stereocenters. The zero-order chi connectivity index (χ0) is 19.6. The fourth-order valence-electron chi connectivity index (χ4n) is 10.6. The molecular weight excluding hydrogens is 358 g/mol. The van der Waals surface area contributed by atoms with E-state index in [0.29, 0.717) is 18.8 Å². The van der Waals surface area contributed by atoms with E-state index in [2.05, 4.69) is 18.4 Å². The zero-order valence-corrected chi connectivity index (χ0v) is 16.5. The van der Waals surface area contributed by atoms with Crippen LogP contribution in [0.25, 0.3) is 0 Å². The molecule has 9 aliphatic rings. The number of hydrogen-bond donors (Lipinski definition) is 3. The van der Waals surface area contributed by atoms with Crippen LogP contribution in [0.1, 0.15) is 46.0 Å². The minimum Gasteiger partial charge on any atom is -0.460 e. The molecule has 0 radical (unpaired) electrons. The second-order valence-electron chi connectivity index (χ2n) is 11.3. The number of fused-ring (bicyclic) bond motifs is 1. The predicted molar refractivity (Wildman–Crippen MR) is 97.6 cm³/mol. The van der Waals surface area contributed by atoms with Crippen LogP contribution in [0.15, 0.2) is 12.2 Å². The van der Waals surface area contributed by atoms with E-state index in [9.17, 15) is 20.1 Å². The van der Waals surface area contributed by atoms with Gasteiger partial charge in [0.05, 0.1) is 11.0 Å². The summed E-state index contributed by atoms with van der Waals surface area (Å²) in [4.78, 5) is 14.1. The number of piperidine rings is 2. The number of aliphatic hydroxyl groups excluding tert-OH is 2. The Balaban J connectivity index is 1.50. The third-order valence-corrected chi connectivity index (χ3v) is 10.9. The first-order valence-corrected chi connectivity index (χ1v) is 10.8. The van der Waals surface area contributed by atoms with Crippen molar-refractivity contribution in [2.75, 3.05) is 0 Å². The van der Waals surface area contributed by atoms with E-state index in [0.717, 1.165) is 19.3 Å². The third-order valence-electron chi connectivity index (χ3n) is 10.9. The Morgan fingerprint density at radius 2 is 2.04 bits per heavy atom. The number of allylic oxidation sites excluding steroid dienone is 1. The smallest absolute Gasteiger partial charge is 0.302 e. The van der Waals surface area contributed by atoms with Crippen LogP contribution >= 0.6 is 0 Å². The van der Waals surface area contributed by atoms with Crippen LogP contribution < -0.4 is 0 Å². The van der Waals surface area contributed by atoms with Crippen LogP contribution in [-0.4, -0.2) is 62.3 Å². The molecule has 9 rings (SSSR count). The molecule has 0 aromatic carbocycles. The normalized spacial score (nSPS) is 69.3. The molecule has 0 amide bonds. The van der Waals surface area contributed by atoms with Crippen molar-refractivity contribution in [3.63, 3.8) is 0 Å². The minimum absolute atomic E-state index is 0.0317. The van der Waals surface area contributed by atoms with Gasteiger partial charge in [0.25, 0.3) is 0 Å². The lowest BCUT2D eigenvalue weighted by Gasteiger charge is -2.68. The van der Waals surface area contributed by atoms with E-state index in [1.165, 1.54) is 12.5 Å². The molecule has 6 nitrogen and oxygen atoms in total. The van der Waals surface area contributed by atoms with Gasteiger partial charge in [0.1, 0.15) is 18.4 Å². The van der Waals surface area contributed by atoms with Crippen molar-refractivity contribution in [2.24, 2.45) is 34.0 Å². The van der Waals surface area contributed by atoms with E-state index >= 15 is 0 Å². The molecule has 28 heavy (non-hydrogen) atoms. The zero-order valence-electron chi connectivity index (χ0n) is 16.5. The molecule has 3 saturated heterocycles. The summed E-state index contributed by atoms with van der Waals surface area (Å²) in [7, 11) is 0. The first-order valence-electron chi connectivity index (χ1n) is 10.8. The van der Waals surface area contributed by atoms with Gasteiger partial charge in [-0.2, -0.15) is 0 Å². The van der Waals surface area contributed by atoms with Gasteiger partial charge in [-0.05, 0) is 49.9 Å². The first-order chi connectivity index (χ1) is 13.1. The number of nitrogens with zero attached hydrogens (tertiary/aromatic N) is 1. The van der Waals surface area contributed by atoms with Gasteiger partial charge in [0.2, 0.25) is 0 Å².